The minimum absolute atomic E-state index is 0.628. The molecule has 0 aliphatic heterocycles. The molecule has 22 aromatic rings. The number of fused-ring (bicyclic) bond motifs is 12. The van der Waals surface area contributed by atoms with E-state index in [1.54, 1.807) is 0 Å². The average molecular weight is 1380 g/mol. The third-order valence-electron chi connectivity index (χ3n) is 21.9. The van der Waals surface area contributed by atoms with Gasteiger partial charge in [-0.2, -0.15) is 0 Å². The van der Waals surface area contributed by atoms with Crippen LogP contribution in [0.25, 0.3) is 233 Å². The number of rotatable bonds is 8. The molecule has 0 saturated heterocycles. The highest BCUT2D eigenvalue weighted by atomic mass is 16.3. The minimum atomic E-state index is 0.628. The lowest BCUT2D eigenvalue weighted by molar-refractivity contribution is 0.668. The predicted molar refractivity (Wildman–Crippen MR) is 439 cm³/mol. The second-order valence-electron chi connectivity index (χ2n) is 28.0. The normalized spacial score (nSPS) is 12.1. The van der Waals surface area contributed by atoms with Crippen LogP contribution in [0.15, 0.2) is 349 Å². The molecule has 0 unspecified atom stereocenters. The van der Waals surface area contributed by atoms with Crippen LogP contribution in [0, 0.1) is 0 Å². The Labute approximate surface area is 617 Å². The second kappa shape index (κ2) is 23.4. The zero-order valence-corrected chi connectivity index (χ0v) is 57.7. The molecule has 24 rings (SSSR count). The van der Waals surface area contributed by atoms with E-state index >= 15 is 0 Å². The van der Waals surface area contributed by atoms with E-state index in [-0.39, 0.29) is 0 Å². The molecule has 0 atom stereocenters. The predicted octanol–water partition coefficient (Wildman–Crippen LogP) is 25.3. The first-order valence-electron chi connectivity index (χ1n) is 36.4. The largest absolute Gasteiger partial charge is 0.456 e. The van der Waals surface area contributed by atoms with Gasteiger partial charge in [0, 0.05) is 87.8 Å². The van der Waals surface area contributed by atoms with E-state index < -0.39 is 0 Å². The molecule has 0 radical (unpaired) electrons. The highest BCUT2D eigenvalue weighted by molar-refractivity contribution is 6.33. The Balaban J connectivity index is 0.000000130. The van der Waals surface area contributed by atoms with Crippen molar-refractivity contribution in [3.8, 4) is 124 Å². The summed E-state index contributed by atoms with van der Waals surface area (Å²) in [6, 6.07) is 119. The van der Waals surface area contributed by atoms with Crippen LogP contribution in [0.1, 0.15) is 0 Å². The molecule has 0 N–H and O–H groups in total. The van der Waals surface area contributed by atoms with Crippen molar-refractivity contribution in [3.05, 3.63) is 340 Å². The number of para-hydroxylation sites is 2. The van der Waals surface area contributed by atoms with E-state index in [0.29, 0.717) is 34.9 Å². The summed E-state index contributed by atoms with van der Waals surface area (Å²) >= 11 is 0. The monoisotopic (exact) mass is 1380 g/mol. The lowest BCUT2D eigenvalue weighted by Crippen LogP contribution is -2.01. The summed E-state index contributed by atoms with van der Waals surface area (Å²) in [4.78, 5) is 29.8. The van der Waals surface area contributed by atoms with E-state index in [0.717, 1.165) is 105 Å². The van der Waals surface area contributed by atoms with Gasteiger partial charge in [0.15, 0.2) is 34.9 Å². The topological polar surface area (TPSA) is 113 Å². The number of benzene rings is 16. The number of aromatic nitrogens is 8. The quantitative estimate of drug-likeness (QED) is 0.148. The standard InChI is InChI=1S/2C49H28N4O/c1-3-12-30(13-4-1)47-50-48(31-14-5-2-6-15-31)52-49(51-47)32-17-9-18-33(26-32)53-40-22-11-21-36-38-28-43-39(34-19-7-8-23-42(34)54-43)27-37(38)35-20-10-16-29-24-25-41(53)46(44(29)35)45(36)40;1-3-11-30(12-4-1)47-50-48(31-13-5-2-6-14-31)52-49(51-47)32-21-24-33(25-22-32)53-40-19-10-18-36-38-28-43-39(34-16-7-8-20-42(34)54-43)27-37(38)35-17-9-15-29-23-26-41(53)46(44(29)35)45(36)40/h2*1-28H. The summed E-state index contributed by atoms with van der Waals surface area (Å²) in [5.41, 5.74) is 25.7. The van der Waals surface area contributed by atoms with E-state index in [1.165, 1.54) is 93.1 Å². The van der Waals surface area contributed by atoms with E-state index in [9.17, 15) is 0 Å². The molecular weight excluding hydrogens is 1320 g/mol. The Bertz CT molecular complexity index is 7410. The van der Waals surface area contributed by atoms with Gasteiger partial charge in [0.25, 0.3) is 0 Å². The van der Waals surface area contributed by atoms with Gasteiger partial charge in [-0.25, -0.2) is 29.9 Å². The maximum Gasteiger partial charge on any atom is 0.164 e. The van der Waals surface area contributed by atoms with Crippen LogP contribution >= 0.6 is 0 Å². The zero-order chi connectivity index (χ0) is 70.7. The Kier molecular flexibility index (Phi) is 12.9. The summed E-state index contributed by atoms with van der Waals surface area (Å²) in [5, 5.41) is 14.6. The van der Waals surface area contributed by atoms with Gasteiger partial charge in [0.2, 0.25) is 0 Å². The summed E-state index contributed by atoms with van der Waals surface area (Å²) in [7, 11) is 0. The Morgan fingerprint density at radius 3 is 0.954 bits per heavy atom. The van der Waals surface area contributed by atoms with Gasteiger partial charge in [-0.05, 0) is 163 Å². The zero-order valence-electron chi connectivity index (χ0n) is 57.7. The molecule has 0 spiro atoms. The molecule has 10 nitrogen and oxygen atoms in total. The fourth-order valence-corrected chi connectivity index (χ4v) is 17.2. The summed E-state index contributed by atoms with van der Waals surface area (Å²) in [6.07, 6.45) is 0. The molecule has 2 aliphatic rings. The molecule has 0 bridgehead atoms. The first-order valence-corrected chi connectivity index (χ1v) is 36.4. The van der Waals surface area contributed by atoms with Crippen molar-refractivity contribution in [2.24, 2.45) is 0 Å². The van der Waals surface area contributed by atoms with Gasteiger partial charge in [0.1, 0.15) is 22.3 Å². The van der Waals surface area contributed by atoms with Gasteiger partial charge in [-0.3, -0.25) is 0 Å². The fraction of sp³-hybridized carbons (Fsp3) is 0. The third kappa shape index (κ3) is 9.14. The van der Waals surface area contributed by atoms with Crippen molar-refractivity contribution in [2.75, 3.05) is 0 Å². The maximum atomic E-state index is 6.46. The van der Waals surface area contributed by atoms with E-state index in [4.69, 9.17) is 38.7 Å². The van der Waals surface area contributed by atoms with Crippen molar-refractivity contribution in [1.29, 1.82) is 0 Å². The lowest BCUT2D eigenvalue weighted by Gasteiger charge is -2.14. The fourth-order valence-electron chi connectivity index (χ4n) is 17.2. The second-order valence-corrected chi connectivity index (χ2v) is 28.0. The first-order chi connectivity index (χ1) is 53.5. The van der Waals surface area contributed by atoms with Crippen molar-refractivity contribution >= 4 is 109 Å². The summed E-state index contributed by atoms with van der Waals surface area (Å²) in [6.45, 7) is 0. The molecule has 6 heterocycles. The van der Waals surface area contributed by atoms with Crippen LogP contribution in [0.3, 0.4) is 0 Å². The Hall–Kier alpha value is -14.7. The van der Waals surface area contributed by atoms with E-state index in [1.807, 2.05) is 133 Å². The maximum absolute atomic E-state index is 6.46. The molecule has 6 aromatic heterocycles. The van der Waals surface area contributed by atoms with E-state index in [2.05, 4.69) is 215 Å². The Morgan fingerprint density at radius 2 is 0.519 bits per heavy atom. The molecular formula is C98H56N8O2. The van der Waals surface area contributed by atoms with Crippen LogP contribution in [0.4, 0.5) is 0 Å². The van der Waals surface area contributed by atoms with Gasteiger partial charge < -0.3 is 18.0 Å². The smallest absolute Gasteiger partial charge is 0.164 e. The SMILES string of the molecule is c1ccc(-c2nc(-c3ccccc3)nc(-c3ccc(-n4c5cccc6c5c5c7c(cccc7ccc54)-c4cc5c(cc4-6)oc4ccccc45)cc3)n2)cc1.c1ccc(-c2nc(-c3ccccc3)nc(-c3cccc(-n4c5cccc6c5c5c7c(cccc7ccc54)-c4cc5c(cc4-6)oc4ccccc45)c3)n2)cc1. The highest BCUT2D eigenvalue weighted by Gasteiger charge is 2.30. The third-order valence-corrected chi connectivity index (χ3v) is 21.9. The molecule has 108 heavy (non-hydrogen) atoms. The molecule has 0 amide bonds. The summed E-state index contributed by atoms with van der Waals surface area (Å²) < 4.78 is 17.7. The highest BCUT2D eigenvalue weighted by Crippen LogP contribution is 2.54. The van der Waals surface area contributed by atoms with Crippen LogP contribution in [0.5, 0.6) is 0 Å². The van der Waals surface area contributed by atoms with Crippen molar-refractivity contribution in [1.82, 2.24) is 39.0 Å². The molecule has 500 valence electrons. The molecule has 2 aliphatic carbocycles. The number of hydrogen-bond acceptors (Lipinski definition) is 8. The van der Waals surface area contributed by atoms with Crippen molar-refractivity contribution in [2.45, 2.75) is 0 Å². The Morgan fingerprint density at radius 1 is 0.185 bits per heavy atom. The molecule has 10 heteroatoms. The van der Waals surface area contributed by atoms with Crippen LogP contribution in [0.2, 0.25) is 0 Å². The summed E-state index contributed by atoms with van der Waals surface area (Å²) in [5.74, 6) is 3.85. The lowest BCUT2D eigenvalue weighted by atomic mass is 9.92. The molecule has 0 fully saturated rings. The van der Waals surface area contributed by atoms with Gasteiger partial charge in [-0.15, -0.1) is 0 Å². The van der Waals surface area contributed by atoms with Crippen LogP contribution in [-0.2, 0) is 0 Å². The number of furan rings is 2. The van der Waals surface area contributed by atoms with Crippen molar-refractivity contribution in [3.63, 3.8) is 0 Å². The van der Waals surface area contributed by atoms with Gasteiger partial charge in [0.05, 0.1) is 22.1 Å². The van der Waals surface area contributed by atoms with Crippen LogP contribution in [-0.4, -0.2) is 39.0 Å². The van der Waals surface area contributed by atoms with Gasteiger partial charge in [-0.1, -0.05) is 243 Å². The molecule has 0 saturated carbocycles. The molecule has 16 aromatic carbocycles. The van der Waals surface area contributed by atoms with Gasteiger partial charge >= 0.3 is 0 Å². The minimum Gasteiger partial charge on any atom is -0.456 e. The average Bonchev–Trinajstić information content (AvgIpc) is 1.54. The van der Waals surface area contributed by atoms with Crippen LogP contribution < -0.4 is 0 Å². The number of hydrogen-bond donors (Lipinski definition) is 0. The van der Waals surface area contributed by atoms with Crippen molar-refractivity contribution < 1.29 is 8.83 Å². The first kappa shape index (κ1) is 59.8. The number of nitrogens with zero attached hydrogens (tertiary/aromatic N) is 8.